The number of carbonyl (C=O) groups excluding carboxylic acids is 1. The number of benzene rings is 1. The molecule has 26 heavy (non-hydrogen) atoms. The summed E-state index contributed by atoms with van der Waals surface area (Å²) in [7, 11) is 0. The lowest BCUT2D eigenvalue weighted by Gasteiger charge is -2.28. The maximum atomic E-state index is 12.8. The number of hydrogen-bond donors (Lipinski definition) is 2. The fraction of sp³-hybridized carbons (Fsp3) is 0.450. The maximum absolute atomic E-state index is 12.8. The highest BCUT2D eigenvalue weighted by molar-refractivity contribution is 5.96. The smallest absolute Gasteiger partial charge is 0.305 e. The van der Waals surface area contributed by atoms with E-state index in [0.29, 0.717) is 18.4 Å². The number of aromatic nitrogens is 2. The fourth-order valence-electron chi connectivity index (χ4n) is 3.82. The first-order chi connectivity index (χ1) is 12.3. The van der Waals surface area contributed by atoms with Crippen LogP contribution in [0.4, 0.5) is 0 Å². The first kappa shape index (κ1) is 18.2. The first-order valence-electron chi connectivity index (χ1n) is 8.98. The van der Waals surface area contributed by atoms with Gasteiger partial charge in [-0.3, -0.25) is 9.59 Å². The van der Waals surface area contributed by atoms with Crippen molar-refractivity contribution in [2.75, 3.05) is 0 Å². The van der Waals surface area contributed by atoms with E-state index in [9.17, 15) is 14.7 Å². The molecule has 0 saturated heterocycles. The van der Waals surface area contributed by atoms with Crippen molar-refractivity contribution in [2.24, 2.45) is 0 Å². The van der Waals surface area contributed by atoms with Gasteiger partial charge in [-0.05, 0) is 50.8 Å². The largest absolute Gasteiger partial charge is 0.481 e. The predicted molar refractivity (Wildman–Crippen MR) is 98.7 cm³/mol. The van der Waals surface area contributed by atoms with E-state index >= 15 is 0 Å². The summed E-state index contributed by atoms with van der Waals surface area (Å²) in [4.78, 5) is 24.1. The lowest BCUT2D eigenvalue weighted by Crippen LogP contribution is -2.47. The summed E-state index contributed by atoms with van der Waals surface area (Å²) in [6.07, 6.45) is 4.81. The molecule has 0 spiro atoms. The minimum absolute atomic E-state index is 0.0388. The molecule has 0 radical (unpaired) electrons. The zero-order valence-corrected chi connectivity index (χ0v) is 15.5. The van der Waals surface area contributed by atoms with Crippen molar-refractivity contribution in [1.29, 1.82) is 0 Å². The molecule has 0 atom stereocenters. The van der Waals surface area contributed by atoms with E-state index in [1.54, 1.807) is 10.9 Å². The van der Waals surface area contributed by atoms with Crippen molar-refractivity contribution in [2.45, 2.75) is 58.4 Å². The quantitative estimate of drug-likeness (QED) is 0.862. The van der Waals surface area contributed by atoms with Gasteiger partial charge in [-0.2, -0.15) is 5.10 Å². The molecule has 6 heteroatoms. The van der Waals surface area contributed by atoms with E-state index in [2.05, 4.69) is 10.4 Å². The van der Waals surface area contributed by atoms with E-state index < -0.39 is 11.5 Å². The van der Waals surface area contributed by atoms with Crippen LogP contribution in [0.25, 0.3) is 5.69 Å². The SMILES string of the molecule is Cc1ccc(C)c(-n2ncc(C(=O)NC3(CC(=O)O)CCCC3)c2C)c1. The molecule has 2 N–H and O–H groups in total. The van der Waals surface area contributed by atoms with Crippen molar-refractivity contribution in [3.63, 3.8) is 0 Å². The van der Waals surface area contributed by atoms with Gasteiger partial charge in [0.05, 0.1) is 35.1 Å². The third-order valence-corrected chi connectivity index (χ3v) is 5.28. The van der Waals surface area contributed by atoms with Crippen LogP contribution < -0.4 is 5.32 Å². The molecule has 1 aromatic carbocycles. The van der Waals surface area contributed by atoms with E-state index in [1.165, 1.54) is 0 Å². The molecule has 1 aromatic heterocycles. The van der Waals surface area contributed by atoms with Crippen molar-refractivity contribution < 1.29 is 14.7 Å². The minimum Gasteiger partial charge on any atom is -0.481 e. The molecule has 0 aliphatic heterocycles. The van der Waals surface area contributed by atoms with Crippen LogP contribution in [0.1, 0.15) is 59.3 Å². The van der Waals surface area contributed by atoms with Crippen molar-refractivity contribution in [1.82, 2.24) is 15.1 Å². The summed E-state index contributed by atoms with van der Waals surface area (Å²) in [6.45, 7) is 5.89. The molecule has 1 amide bonds. The number of nitrogens with one attached hydrogen (secondary N) is 1. The van der Waals surface area contributed by atoms with Gasteiger partial charge in [-0.15, -0.1) is 0 Å². The standard InChI is InChI=1S/C20H25N3O3/c1-13-6-7-14(2)17(10-13)23-15(3)16(12-21-23)19(26)22-20(11-18(24)25)8-4-5-9-20/h6-7,10,12H,4-5,8-9,11H2,1-3H3,(H,22,26)(H,24,25). The van der Waals surface area contributed by atoms with Gasteiger partial charge >= 0.3 is 5.97 Å². The van der Waals surface area contributed by atoms with Crippen LogP contribution in [0.5, 0.6) is 0 Å². The van der Waals surface area contributed by atoms with Gasteiger partial charge in [-0.1, -0.05) is 25.0 Å². The number of nitrogens with zero attached hydrogens (tertiary/aromatic N) is 2. The fourth-order valence-corrected chi connectivity index (χ4v) is 3.82. The first-order valence-corrected chi connectivity index (χ1v) is 8.98. The van der Waals surface area contributed by atoms with Crippen LogP contribution in [-0.2, 0) is 4.79 Å². The zero-order valence-electron chi connectivity index (χ0n) is 15.5. The minimum atomic E-state index is -0.880. The normalized spacial score (nSPS) is 15.8. The molecule has 0 unspecified atom stereocenters. The lowest BCUT2D eigenvalue weighted by atomic mass is 9.92. The molecule has 1 aliphatic rings. The van der Waals surface area contributed by atoms with Gasteiger partial charge < -0.3 is 10.4 Å². The molecule has 6 nitrogen and oxygen atoms in total. The number of aliphatic carboxylic acids is 1. The van der Waals surface area contributed by atoms with Gasteiger partial charge in [0.25, 0.3) is 5.91 Å². The molecule has 138 valence electrons. The van der Waals surface area contributed by atoms with Crippen LogP contribution >= 0.6 is 0 Å². The topological polar surface area (TPSA) is 84.2 Å². The number of rotatable bonds is 5. The number of amides is 1. The molecular formula is C20H25N3O3. The van der Waals surface area contributed by atoms with Gasteiger partial charge in [0.15, 0.2) is 0 Å². The maximum Gasteiger partial charge on any atom is 0.305 e. The molecule has 0 bridgehead atoms. The average molecular weight is 355 g/mol. The summed E-state index contributed by atoms with van der Waals surface area (Å²) < 4.78 is 1.77. The Balaban J connectivity index is 1.88. The highest BCUT2D eigenvalue weighted by Gasteiger charge is 2.38. The molecular weight excluding hydrogens is 330 g/mol. The van der Waals surface area contributed by atoms with E-state index in [0.717, 1.165) is 35.3 Å². The monoisotopic (exact) mass is 355 g/mol. The summed E-state index contributed by atoms with van der Waals surface area (Å²) in [5.74, 6) is -1.13. The van der Waals surface area contributed by atoms with Crippen LogP contribution in [0.15, 0.2) is 24.4 Å². The Labute approximate surface area is 153 Å². The second-order valence-electron chi connectivity index (χ2n) is 7.36. The van der Waals surface area contributed by atoms with Gasteiger partial charge in [-0.25, -0.2) is 4.68 Å². The number of carboxylic acids is 1. The van der Waals surface area contributed by atoms with Gasteiger partial charge in [0.1, 0.15) is 0 Å². The predicted octanol–water partition coefficient (Wildman–Crippen LogP) is 3.31. The van der Waals surface area contributed by atoms with Gasteiger partial charge in [0, 0.05) is 0 Å². The lowest BCUT2D eigenvalue weighted by molar-refractivity contribution is -0.138. The van der Waals surface area contributed by atoms with E-state index in [-0.39, 0.29) is 12.3 Å². The van der Waals surface area contributed by atoms with Crippen LogP contribution in [0.2, 0.25) is 0 Å². The Morgan fingerprint density at radius 1 is 1.23 bits per heavy atom. The van der Waals surface area contributed by atoms with Crippen molar-refractivity contribution in [3.05, 3.63) is 46.8 Å². The number of hydrogen-bond acceptors (Lipinski definition) is 3. The summed E-state index contributed by atoms with van der Waals surface area (Å²) in [5, 5.41) is 16.6. The summed E-state index contributed by atoms with van der Waals surface area (Å²) in [5.41, 5.74) is 3.74. The Morgan fingerprint density at radius 3 is 2.58 bits per heavy atom. The number of carbonyl (C=O) groups is 2. The van der Waals surface area contributed by atoms with E-state index in [1.807, 2.05) is 39.0 Å². The molecule has 1 aliphatic carbocycles. The Morgan fingerprint density at radius 2 is 1.92 bits per heavy atom. The Kier molecular flexibility index (Phi) is 4.85. The average Bonchev–Trinajstić information content (AvgIpc) is 3.16. The zero-order chi connectivity index (χ0) is 18.9. The Bertz CT molecular complexity index is 848. The van der Waals surface area contributed by atoms with Crippen LogP contribution in [-0.4, -0.2) is 32.3 Å². The molecule has 1 heterocycles. The van der Waals surface area contributed by atoms with Gasteiger partial charge in [0.2, 0.25) is 0 Å². The molecule has 1 fully saturated rings. The molecule has 1 saturated carbocycles. The summed E-state index contributed by atoms with van der Waals surface area (Å²) >= 11 is 0. The third-order valence-electron chi connectivity index (χ3n) is 5.28. The van der Waals surface area contributed by atoms with E-state index in [4.69, 9.17) is 0 Å². The number of carboxylic acid groups (broad SMARTS) is 1. The molecule has 3 rings (SSSR count). The van der Waals surface area contributed by atoms with Crippen LogP contribution in [0, 0.1) is 20.8 Å². The second kappa shape index (κ2) is 6.94. The van der Waals surface area contributed by atoms with Crippen molar-refractivity contribution >= 4 is 11.9 Å². The van der Waals surface area contributed by atoms with Crippen LogP contribution in [0.3, 0.4) is 0 Å². The second-order valence-corrected chi connectivity index (χ2v) is 7.36. The molecule has 2 aromatic rings. The van der Waals surface area contributed by atoms with Crippen molar-refractivity contribution in [3.8, 4) is 5.69 Å². The third kappa shape index (κ3) is 3.49. The Hall–Kier alpha value is -2.63. The number of aryl methyl sites for hydroxylation is 2. The highest BCUT2D eigenvalue weighted by Crippen LogP contribution is 2.33. The summed E-state index contributed by atoms with van der Waals surface area (Å²) in [6, 6.07) is 6.12. The highest BCUT2D eigenvalue weighted by atomic mass is 16.4.